The zero-order valence-electron chi connectivity index (χ0n) is 12.4. The number of nitrogens with one attached hydrogen (secondary N) is 2. The number of hydrogen-bond acceptors (Lipinski definition) is 3. The zero-order chi connectivity index (χ0) is 15.0. The van der Waals surface area contributed by atoms with Gasteiger partial charge in [-0.05, 0) is 30.7 Å². The summed E-state index contributed by atoms with van der Waals surface area (Å²) < 4.78 is 0. The third-order valence-electron chi connectivity index (χ3n) is 2.91. The number of anilines is 1. The average molecular weight is 277 g/mol. The van der Waals surface area contributed by atoms with Gasteiger partial charge in [-0.2, -0.15) is 0 Å². The molecule has 0 aliphatic heterocycles. The van der Waals surface area contributed by atoms with Crippen molar-refractivity contribution >= 4 is 17.5 Å². The lowest BCUT2D eigenvalue weighted by Crippen LogP contribution is -2.28. The lowest BCUT2D eigenvalue weighted by atomic mass is 10.2. The van der Waals surface area contributed by atoms with Gasteiger partial charge in [-0.3, -0.25) is 9.59 Å². The van der Waals surface area contributed by atoms with Gasteiger partial charge in [0.1, 0.15) is 0 Å². The van der Waals surface area contributed by atoms with E-state index >= 15 is 0 Å². The van der Waals surface area contributed by atoms with E-state index in [2.05, 4.69) is 17.6 Å². The van der Waals surface area contributed by atoms with Crippen molar-refractivity contribution in [2.45, 2.75) is 19.8 Å². The van der Waals surface area contributed by atoms with Crippen LogP contribution in [-0.4, -0.2) is 43.9 Å². The van der Waals surface area contributed by atoms with E-state index in [0.717, 1.165) is 18.5 Å². The molecule has 2 amide bonds. The molecule has 110 valence electrons. The summed E-state index contributed by atoms with van der Waals surface area (Å²) >= 11 is 0. The van der Waals surface area contributed by atoms with Gasteiger partial charge in [-0.1, -0.05) is 13.3 Å². The Kier molecular flexibility index (Phi) is 6.56. The van der Waals surface area contributed by atoms with Crippen LogP contribution in [0.5, 0.6) is 0 Å². The zero-order valence-corrected chi connectivity index (χ0v) is 12.4. The summed E-state index contributed by atoms with van der Waals surface area (Å²) in [6, 6.07) is 7.11. The molecule has 0 spiro atoms. The Labute approximate surface area is 120 Å². The molecule has 0 fully saturated rings. The quantitative estimate of drug-likeness (QED) is 0.746. The highest BCUT2D eigenvalue weighted by atomic mass is 16.2. The minimum Gasteiger partial charge on any atom is -0.376 e. The Bertz CT molecular complexity index is 441. The first kappa shape index (κ1) is 16.0. The van der Waals surface area contributed by atoms with Gasteiger partial charge in [-0.15, -0.1) is 0 Å². The molecule has 5 heteroatoms. The van der Waals surface area contributed by atoms with Crippen molar-refractivity contribution in [2.24, 2.45) is 0 Å². The second-order valence-electron chi connectivity index (χ2n) is 4.83. The molecule has 0 heterocycles. The van der Waals surface area contributed by atoms with Gasteiger partial charge in [0.05, 0.1) is 6.54 Å². The molecule has 1 rings (SSSR count). The minimum absolute atomic E-state index is 0.00591. The highest BCUT2D eigenvalue weighted by molar-refractivity contribution is 5.94. The smallest absolute Gasteiger partial charge is 0.251 e. The Morgan fingerprint density at radius 3 is 2.35 bits per heavy atom. The molecule has 0 aromatic heterocycles. The molecule has 20 heavy (non-hydrogen) atoms. The summed E-state index contributed by atoms with van der Waals surface area (Å²) in [4.78, 5) is 24.8. The number of rotatable bonds is 7. The monoisotopic (exact) mass is 277 g/mol. The van der Waals surface area contributed by atoms with Crippen LogP contribution in [0, 0.1) is 0 Å². The average Bonchev–Trinajstić information content (AvgIpc) is 2.45. The summed E-state index contributed by atoms with van der Waals surface area (Å²) in [7, 11) is 3.43. The van der Waals surface area contributed by atoms with Crippen LogP contribution in [0.4, 0.5) is 5.69 Å². The van der Waals surface area contributed by atoms with Crippen molar-refractivity contribution in [2.75, 3.05) is 32.5 Å². The van der Waals surface area contributed by atoms with Crippen LogP contribution in [0.25, 0.3) is 0 Å². The number of carbonyl (C=O) groups is 2. The van der Waals surface area contributed by atoms with E-state index in [1.54, 1.807) is 38.4 Å². The van der Waals surface area contributed by atoms with Crippen molar-refractivity contribution in [3.63, 3.8) is 0 Å². The fraction of sp³-hybridized carbons (Fsp3) is 0.467. The van der Waals surface area contributed by atoms with Gasteiger partial charge < -0.3 is 15.5 Å². The van der Waals surface area contributed by atoms with E-state index in [1.807, 2.05) is 0 Å². The number of carbonyl (C=O) groups excluding carboxylic acids is 2. The lowest BCUT2D eigenvalue weighted by molar-refractivity contribution is -0.126. The largest absolute Gasteiger partial charge is 0.376 e. The van der Waals surface area contributed by atoms with Gasteiger partial charge >= 0.3 is 0 Å². The topological polar surface area (TPSA) is 61.4 Å². The molecule has 0 saturated heterocycles. The molecule has 0 unspecified atom stereocenters. The first-order chi connectivity index (χ1) is 9.54. The van der Waals surface area contributed by atoms with Gasteiger partial charge in [0.2, 0.25) is 5.91 Å². The van der Waals surface area contributed by atoms with E-state index in [4.69, 9.17) is 0 Å². The van der Waals surface area contributed by atoms with Gasteiger partial charge in [0, 0.05) is 31.9 Å². The van der Waals surface area contributed by atoms with Crippen molar-refractivity contribution in [3.05, 3.63) is 29.8 Å². The molecule has 2 N–H and O–H groups in total. The standard InChI is InChI=1S/C15H23N3O2/c1-4-5-10-16-15(20)12-6-8-13(9-7-12)17-11-14(19)18(2)3/h6-9,17H,4-5,10-11H2,1-3H3,(H,16,20). The van der Waals surface area contributed by atoms with Gasteiger partial charge in [0.15, 0.2) is 0 Å². The first-order valence-corrected chi connectivity index (χ1v) is 6.87. The highest BCUT2D eigenvalue weighted by Crippen LogP contribution is 2.09. The van der Waals surface area contributed by atoms with E-state index in [9.17, 15) is 9.59 Å². The molecule has 0 aliphatic rings. The van der Waals surface area contributed by atoms with E-state index in [-0.39, 0.29) is 18.4 Å². The minimum atomic E-state index is -0.0608. The van der Waals surface area contributed by atoms with E-state index in [1.165, 1.54) is 4.90 Å². The number of benzene rings is 1. The third-order valence-corrected chi connectivity index (χ3v) is 2.91. The maximum absolute atomic E-state index is 11.8. The van der Waals surface area contributed by atoms with Crippen LogP contribution in [0.15, 0.2) is 24.3 Å². The fourth-order valence-electron chi connectivity index (χ4n) is 1.56. The van der Waals surface area contributed by atoms with Crippen LogP contribution in [0.2, 0.25) is 0 Å². The molecule has 0 bridgehead atoms. The molecular formula is C15H23N3O2. The van der Waals surface area contributed by atoms with Crippen molar-refractivity contribution in [3.8, 4) is 0 Å². The Morgan fingerprint density at radius 2 is 1.80 bits per heavy atom. The molecule has 0 saturated carbocycles. The van der Waals surface area contributed by atoms with E-state index in [0.29, 0.717) is 12.1 Å². The summed E-state index contributed by atoms with van der Waals surface area (Å²) in [5.74, 6) is -0.0549. The predicted molar refractivity (Wildman–Crippen MR) is 80.9 cm³/mol. The maximum atomic E-state index is 11.8. The number of hydrogen-bond donors (Lipinski definition) is 2. The number of unbranched alkanes of at least 4 members (excludes halogenated alkanes) is 1. The maximum Gasteiger partial charge on any atom is 0.251 e. The van der Waals surface area contributed by atoms with Crippen molar-refractivity contribution in [1.29, 1.82) is 0 Å². The van der Waals surface area contributed by atoms with Crippen LogP contribution in [0.1, 0.15) is 30.1 Å². The molecule has 5 nitrogen and oxygen atoms in total. The summed E-state index contributed by atoms with van der Waals surface area (Å²) in [6.07, 6.45) is 2.04. The number of likely N-dealkylation sites (N-methyl/N-ethyl adjacent to an activating group) is 1. The first-order valence-electron chi connectivity index (χ1n) is 6.87. The van der Waals surface area contributed by atoms with Crippen LogP contribution < -0.4 is 10.6 Å². The highest BCUT2D eigenvalue weighted by Gasteiger charge is 2.06. The molecule has 1 aromatic rings. The predicted octanol–water partition coefficient (Wildman–Crippen LogP) is 1.72. The Hall–Kier alpha value is -2.04. The van der Waals surface area contributed by atoms with Crippen molar-refractivity contribution < 1.29 is 9.59 Å². The molecule has 0 aliphatic carbocycles. The second-order valence-corrected chi connectivity index (χ2v) is 4.83. The number of amides is 2. The van der Waals surface area contributed by atoms with E-state index < -0.39 is 0 Å². The van der Waals surface area contributed by atoms with Crippen molar-refractivity contribution in [1.82, 2.24) is 10.2 Å². The van der Waals surface area contributed by atoms with Gasteiger partial charge in [0.25, 0.3) is 5.91 Å². The van der Waals surface area contributed by atoms with Gasteiger partial charge in [-0.25, -0.2) is 0 Å². The van der Waals surface area contributed by atoms with Crippen LogP contribution in [0.3, 0.4) is 0 Å². The summed E-state index contributed by atoms with van der Waals surface area (Å²) in [5.41, 5.74) is 1.45. The van der Waals surface area contributed by atoms with Crippen LogP contribution >= 0.6 is 0 Å². The third kappa shape index (κ3) is 5.30. The molecule has 1 aromatic carbocycles. The number of nitrogens with zero attached hydrogens (tertiary/aromatic N) is 1. The summed E-state index contributed by atoms with van der Waals surface area (Å²) in [6.45, 7) is 3.03. The second kappa shape index (κ2) is 8.19. The van der Waals surface area contributed by atoms with Crippen LogP contribution in [-0.2, 0) is 4.79 Å². The Balaban J connectivity index is 2.47. The molecule has 0 radical (unpaired) electrons. The normalized spacial score (nSPS) is 9.95. The molecular weight excluding hydrogens is 254 g/mol. The fourth-order valence-corrected chi connectivity index (χ4v) is 1.56. The SMILES string of the molecule is CCCCNC(=O)c1ccc(NCC(=O)N(C)C)cc1. The Morgan fingerprint density at radius 1 is 1.15 bits per heavy atom. The lowest BCUT2D eigenvalue weighted by Gasteiger charge is -2.12. The molecule has 0 atom stereocenters. The summed E-state index contributed by atoms with van der Waals surface area (Å²) in [5, 5.41) is 5.89.